The molecule has 0 fully saturated rings. The molecule has 2 aliphatic heterocycles. The molecule has 5 aromatic carbocycles. The molecule has 240 valence electrons. The molecule has 0 N–H and O–H groups in total. The summed E-state index contributed by atoms with van der Waals surface area (Å²) in [5, 5.41) is 0.629. The molecule has 7 nitrogen and oxygen atoms in total. The number of fused-ring (bicyclic) bond motifs is 6. The Morgan fingerprint density at radius 3 is 2.08 bits per heavy atom. The Morgan fingerprint density at radius 1 is 0.688 bits per heavy atom. The Morgan fingerprint density at radius 2 is 1.38 bits per heavy atom. The molecule has 6 aromatic rings. The Balaban J connectivity index is 1.35. The summed E-state index contributed by atoms with van der Waals surface area (Å²) in [4.78, 5) is 10.3. The van der Waals surface area contributed by atoms with Gasteiger partial charge in [-0.2, -0.15) is 0 Å². The second-order valence-corrected chi connectivity index (χ2v) is 13.2. The highest BCUT2D eigenvalue weighted by molar-refractivity contribution is 9.10. The van der Waals surface area contributed by atoms with Crippen LogP contribution in [-0.2, 0) is 13.1 Å². The van der Waals surface area contributed by atoms with Crippen LogP contribution in [0.1, 0.15) is 11.1 Å². The molecule has 0 aliphatic carbocycles. The standard InChI is InChI=1S/C39H32BrClN4O3/c1-46-30-13-11-29(12-14-30)45-38(31-6-4-5-7-32(31)41)37(24-9-17-35(47-2)36(20-24)48-3)42-39(45)25-8-15-33-26(18-25)21-43-23-44(33)22-27-19-28(40)10-16-34(27)43/h4-20H,21-23H2,1-3H3. The first-order chi connectivity index (χ1) is 23.4. The number of benzene rings is 5. The van der Waals surface area contributed by atoms with Gasteiger partial charge in [-0.05, 0) is 96.1 Å². The molecule has 0 spiro atoms. The third-order valence-corrected chi connectivity index (χ3v) is 9.94. The number of nitrogens with zero attached hydrogens (tertiary/aromatic N) is 4. The molecule has 0 saturated carbocycles. The van der Waals surface area contributed by atoms with Crippen LogP contribution in [0.3, 0.4) is 0 Å². The van der Waals surface area contributed by atoms with Crippen LogP contribution in [0, 0.1) is 0 Å². The largest absolute Gasteiger partial charge is 0.497 e. The summed E-state index contributed by atoms with van der Waals surface area (Å²) in [7, 11) is 4.95. The maximum atomic E-state index is 6.97. The zero-order valence-corrected chi connectivity index (χ0v) is 29.0. The van der Waals surface area contributed by atoms with Gasteiger partial charge in [0.2, 0.25) is 0 Å². The lowest BCUT2D eigenvalue weighted by Crippen LogP contribution is -2.46. The molecule has 3 heterocycles. The number of hydrogen-bond donors (Lipinski definition) is 0. The van der Waals surface area contributed by atoms with E-state index in [1.165, 1.54) is 22.5 Å². The fourth-order valence-electron chi connectivity index (χ4n) is 6.87. The Kier molecular flexibility index (Phi) is 7.77. The molecule has 0 saturated heterocycles. The lowest BCUT2D eigenvalue weighted by atomic mass is 9.99. The van der Waals surface area contributed by atoms with Crippen LogP contribution in [0.25, 0.3) is 39.6 Å². The van der Waals surface area contributed by atoms with E-state index < -0.39 is 0 Å². The van der Waals surface area contributed by atoms with Gasteiger partial charge < -0.3 is 24.0 Å². The number of rotatable bonds is 7. The third-order valence-electron chi connectivity index (χ3n) is 9.12. The van der Waals surface area contributed by atoms with Crippen LogP contribution in [0.15, 0.2) is 108 Å². The second kappa shape index (κ2) is 12.3. The summed E-state index contributed by atoms with van der Waals surface area (Å²) in [5.74, 6) is 2.84. The van der Waals surface area contributed by atoms with E-state index in [-0.39, 0.29) is 0 Å². The molecule has 9 heteroatoms. The molecular formula is C39H32BrClN4O3. The van der Waals surface area contributed by atoms with Crippen molar-refractivity contribution in [3.63, 3.8) is 0 Å². The third kappa shape index (κ3) is 5.16. The molecule has 1 aromatic heterocycles. The maximum Gasteiger partial charge on any atom is 0.161 e. The minimum Gasteiger partial charge on any atom is -0.497 e. The van der Waals surface area contributed by atoms with Gasteiger partial charge in [-0.25, -0.2) is 4.98 Å². The predicted octanol–water partition coefficient (Wildman–Crippen LogP) is 9.61. The molecule has 0 atom stereocenters. The lowest BCUT2D eigenvalue weighted by Gasteiger charge is -2.45. The molecule has 48 heavy (non-hydrogen) atoms. The van der Waals surface area contributed by atoms with E-state index in [1.54, 1.807) is 21.3 Å². The zero-order chi connectivity index (χ0) is 32.9. The van der Waals surface area contributed by atoms with E-state index in [0.717, 1.165) is 69.6 Å². The SMILES string of the molecule is COc1ccc(-n2c(-c3ccc4c(c3)CN3CN4Cc4cc(Br)ccc43)nc(-c3ccc(OC)c(OC)c3)c2-c2ccccc2Cl)cc1. The fourth-order valence-corrected chi connectivity index (χ4v) is 7.51. The highest BCUT2D eigenvalue weighted by atomic mass is 79.9. The van der Waals surface area contributed by atoms with Gasteiger partial charge >= 0.3 is 0 Å². The minimum absolute atomic E-state index is 0.622. The van der Waals surface area contributed by atoms with Crippen molar-refractivity contribution >= 4 is 38.9 Å². The van der Waals surface area contributed by atoms with Gasteiger partial charge in [0.1, 0.15) is 11.6 Å². The van der Waals surface area contributed by atoms with Gasteiger partial charge in [0.05, 0.1) is 39.4 Å². The Bertz CT molecular complexity index is 2180. The van der Waals surface area contributed by atoms with Crippen LogP contribution in [-0.4, -0.2) is 37.5 Å². The predicted molar refractivity (Wildman–Crippen MR) is 196 cm³/mol. The highest BCUT2D eigenvalue weighted by Crippen LogP contribution is 2.45. The quantitative estimate of drug-likeness (QED) is 0.164. The van der Waals surface area contributed by atoms with Gasteiger partial charge in [-0.3, -0.25) is 4.57 Å². The first-order valence-electron chi connectivity index (χ1n) is 15.6. The average molecular weight is 720 g/mol. The summed E-state index contributed by atoms with van der Waals surface area (Å²) in [6.45, 7) is 2.53. The van der Waals surface area contributed by atoms with Gasteiger partial charge in [-0.1, -0.05) is 45.7 Å². The number of aromatic nitrogens is 2. The van der Waals surface area contributed by atoms with E-state index in [9.17, 15) is 0 Å². The molecule has 8 rings (SSSR count). The second-order valence-electron chi connectivity index (χ2n) is 11.9. The van der Waals surface area contributed by atoms with Gasteiger partial charge in [-0.15, -0.1) is 0 Å². The molecule has 0 amide bonds. The average Bonchev–Trinajstić information content (AvgIpc) is 3.51. The van der Waals surface area contributed by atoms with Crippen molar-refractivity contribution in [1.82, 2.24) is 9.55 Å². The first kappa shape index (κ1) is 30.4. The maximum absolute atomic E-state index is 6.97. The number of hydrogen-bond acceptors (Lipinski definition) is 6. The molecule has 0 unspecified atom stereocenters. The minimum atomic E-state index is 0.622. The Hall–Kier alpha value is -4.92. The van der Waals surface area contributed by atoms with Crippen molar-refractivity contribution in [1.29, 1.82) is 0 Å². The van der Waals surface area contributed by atoms with Crippen molar-refractivity contribution in [2.24, 2.45) is 0 Å². The summed E-state index contributed by atoms with van der Waals surface area (Å²) in [6, 6.07) is 35.1. The normalized spacial score (nSPS) is 13.2. The number of halogens is 2. The van der Waals surface area contributed by atoms with E-state index >= 15 is 0 Å². The summed E-state index contributed by atoms with van der Waals surface area (Å²) >= 11 is 10.6. The van der Waals surface area contributed by atoms with Crippen molar-refractivity contribution in [3.8, 4) is 56.8 Å². The van der Waals surface area contributed by atoms with Gasteiger partial charge in [0.25, 0.3) is 0 Å². The number of methoxy groups -OCH3 is 3. The van der Waals surface area contributed by atoms with E-state index in [0.29, 0.717) is 16.5 Å². The summed E-state index contributed by atoms with van der Waals surface area (Å²) in [5.41, 5.74) is 10.4. The molecule has 2 aliphatic rings. The number of imidazole rings is 1. The molecule has 2 bridgehead atoms. The zero-order valence-electron chi connectivity index (χ0n) is 26.7. The molecular weight excluding hydrogens is 688 g/mol. The highest BCUT2D eigenvalue weighted by Gasteiger charge is 2.31. The van der Waals surface area contributed by atoms with Crippen LogP contribution in [0.2, 0.25) is 5.02 Å². The first-order valence-corrected chi connectivity index (χ1v) is 16.8. The van der Waals surface area contributed by atoms with Crippen molar-refractivity contribution in [2.75, 3.05) is 37.8 Å². The van der Waals surface area contributed by atoms with Crippen LogP contribution < -0.4 is 24.0 Å². The van der Waals surface area contributed by atoms with Crippen molar-refractivity contribution in [2.45, 2.75) is 13.1 Å². The fraction of sp³-hybridized carbons (Fsp3) is 0.154. The van der Waals surface area contributed by atoms with Crippen LogP contribution in [0.4, 0.5) is 11.4 Å². The summed E-state index contributed by atoms with van der Waals surface area (Å²) < 4.78 is 20.1. The smallest absolute Gasteiger partial charge is 0.161 e. The van der Waals surface area contributed by atoms with Gasteiger partial charge in [0, 0.05) is 56.3 Å². The lowest BCUT2D eigenvalue weighted by molar-refractivity contribution is 0.355. The van der Waals surface area contributed by atoms with Crippen LogP contribution >= 0.6 is 27.5 Å². The Labute approximate surface area is 293 Å². The van der Waals surface area contributed by atoms with E-state index in [4.69, 9.17) is 30.8 Å². The number of ether oxygens (including phenoxy) is 3. The molecule has 0 radical (unpaired) electrons. The topological polar surface area (TPSA) is 52.0 Å². The number of anilines is 2. The van der Waals surface area contributed by atoms with Crippen LogP contribution in [0.5, 0.6) is 17.2 Å². The van der Waals surface area contributed by atoms with Crippen molar-refractivity contribution < 1.29 is 14.2 Å². The summed E-state index contributed by atoms with van der Waals surface area (Å²) in [6.07, 6.45) is 0. The van der Waals surface area contributed by atoms with E-state index in [2.05, 4.69) is 78.8 Å². The van der Waals surface area contributed by atoms with E-state index in [1.807, 2.05) is 54.6 Å². The monoisotopic (exact) mass is 718 g/mol. The van der Waals surface area contributed by atoms with Crippen molar-refractivity contribution in [3.05, 3.63) is 124 Å². The van der Waals surface area contributed by atoms with Gasteiger partial charge in [0.15, 0.2) is 11.5 Å².